The number of hydrogen-bond acceptors (Lipinski definition) is 4. The number of carbonyl (C=O) groups excluding carboxylic acids is 2. The highest BCUT2D eigenvalue weighted by molar-refractivity contribution is 7.11. The molecule has 0 aliphatic carbocycles. The van der Waals surface area contributed by atoms with Gasteiger partial charge in [-0.25, -0.2) is 4.90 Å². The van der Waals surface area contributed by atoms with E-state index in [0.29, 0.717) is 16.3 Å². The molecule has 0 saturated carbocycles. The monoisotopic (exact) mass is 422 g/mol. The van der Waals surface area contributed by atoms with E-state index in [2.05, 4.69) is 5.32 Å². The lowest BCUT2D eigenvalue weighted by Crippen LogP contribution is -2.32. The van der Waals surface area contributed by atoms with E-state index >= 15 is 0 Å². The van der Waals surface area contributed by atoms with Crippen molar-refractivity contribution in [1.82, 2.24) is 0 Å². The van der Waals surface area contributed by atoms with Crippen molar-refractivity contribution in [2.24, 2.45) is 0 Å². The molecule has 3 aromatic rings. The highest BCUT2D eigenvalue weighted by Gasteiger charge is 2.41. The van der Waals surface area contributed by atoms with Crippen molar-refractivity contribution < 1.29 is 9.59 Å². The number of imide groups is 1. The second kappa shape index (κ2) is 7.50. The van der Waals surface area contributed by atoms with Crippen molar-refractivity contribution in [1.29, 1.82) is 0 Å². The molecule has 2 heterocycles. The zero-order chi connectivity index (χ0) is 20.7. The second-order valence-corrected chi connectivity index (χ2v) is 8.40. The summed E-state index contributed by atoms with van der Waals surface area (Å²) in [5, 5.41) is 5.64. The Bertz CT molecular complexity index is 1170. The molecule has 0 spiro atoms. The van der Waals surface area contributed by atoms with Gasteiger partial charge in [0.15, 0.2) is 0 Å². The maximum absolute atomic E-state index is 13.4. The van der Waals surface area contributed by atoms with Crippen LogP contribution in [0.2, 0.25) is 5.02 Å². The molecule has 1 aromatic heterocycles. The summed E-state index contributed by atoms with van der Waals surface area (Å²) in [6.07, 6.45) is 0. The Kier molecular flexibility index (Phi) is 5.03. The average Bonchev–Trinajstić information content (AvgIpc) is 3.28. The number of carbonyl (C=O) groups is 2. The zero-order valence-electron chi connectivity index (χ0n) is 16.2. The van der Waals surface area contributed by atoms with Crippen LogP contribution in [0.5, 0.6) is 0 Å². The summed E-state index contributed by atoms with van der Waals surface area (Å²) in [7, 11) is 0. The number of aryl methyl sites for hydroxylation is 3. The molecule has 4 rings (SSSR count). The van der Waals surface area contributed by atoms with Crippen LogP contribution in [-0.2, 0) is 9.59 Å². The van der Waals surface area contributed by atoms with Gasteiger partial charge >= 0.3 is 0 Å². The van der Waals surface area contributed by atoms with Gasteiger partial charge in [0.1, 0.15) is 5.70 Å². The molecule has 2 amide bonds. The topological polar surface area (TPSA) is 49.4 Å². The Morgan fingerprint density at radius 3 is 2.38 bits per heavy atom. The van der Waals surface area contributed by atoms with Crippen LogP contribution in [0.15, 0.2) is 59.6 Å². The predicted octanol–water partition coefficient (Wildman–Crippen LogP) is 5.72. The summed E-state index contributed by atoms with van der Waals surface area (Å²) < 4.78 is 0. The molecular formula is C23H19ClN2O2S. The smallest absolute Gasteiger partial charge is 0.282 e. The maximum atomic E-state index is 13.4. The lowest BCUT2D eigenvalue weighted by Gasteiger charge is -2.16. The Morgan fingerprint density at radius 2 is 1.69 bits per heavy atom. The Morgan fingerprint density at radius 1 is 0.931 bits per heavy atom. The van der Waals surface area contributed by atoms with Crippen LogP contribution in [0.1, 0.15) is 21.6 Å². The third kappa shape index (κ3) is 3.48. The molecule has 0 fully saturated rings. The fourth-order valence-electron chi connectivity index (χ4n) is 3.26. The molecule has 6 heteroatoms. The van der Waals surface area contributed by atoms with E-state index < -0.39 is 0 Å². The molecule has 0 radical (unpaired) electrons. The molecular weight excluding hydrogens is 404 g/mol. The largest absolute Gasteiger partial charge is 0.350 e. The third-order valence-corrected chi connectivity index (χ3v) is 6.21. The molecule has 1 N–H and O–H groups in total. The van der Waals surface area contributed by atoms with Gasteiger partial charge in [0.2, 0.25) is 0 Å². The fraction of sp³-hybridized carbons (Fsp3) is 0.130. The van der Waals surface area contributed by atoms with Gasteiger partial charge in [0.25, 0.3) is 11.8 Å². The first-order valence-electron chi connectivity index (χ1n) is 9.14. The summed E-state index contributed by atoms with van der Waals surface area (Å²) in [6, 6.07) is 14.9. The number of hydrogen-bond donors (Lipinski definition) is 1. The first-order valence-corrected chi connectivity index (χ1v) is 10.4. The molecule has 146 valence electrons. The molecule has 4 nitrogen and oxygen atoms in total. The van der Waals surface area contributed by atoms with Crippen LogP contribution in [0, 0.1) is 20.8 Å². The lowest BCUT2D eigenvalue weighted by atomic mass is 10.1. The van der Waals surface area contributed by atoms with E-state index in [4.69, 9.17) is 11.6 Å². The van der Waals surface area contributed by atoms with Gasteiger partial charge in [-0.1, -0.05) is 35.9 Å². The molecule has 1 aliphatic heterocycles. The van der Waals surface area contributed by atoms with Gasteiger partial charge in [-0.2, -0.15) is 0 Å². The number of benzene rings is 2. The van der Waals surface area contributed by atoms with Crippen molar-refractivity contribution in [3.8, 4) is 0 Å². The summed E-state index contributed by atoms with van der Waals surface area (Å²) in [5.74, 6) is -0.746. The number of anilines is 2. The predicted molar refractivity (Wildman–Crippen MR) is 119 cm³/mol. The summed E-state index contributed by atoms with van der Waals surface area (Å²) >= 11 is 7.68. The van der Waals surface area contributed by atoms with Crippen LogP contribution in [0.3, 0.4) is 0 Å². The third-order valence-electron chi connectivity index (χ3n) is 4.92. The van der Waals surface area contributed by atoms with E-state index in [1.165, 1.54) is 16.2 Å². The normalized spacial score (nSPS) is 14.1. The fourth-order valence-corrected chi connectivity index (χ4v) is 4.20. The number of amides is 2. The zero-order valence-corrected chi connectivity index (χ0v) is 17.8. The van der Waals surface area contributed by atoms with Crippen molar-refractivity contribution in [2.45, 2.75) is 20.8 Å². The Hall–Kier alpha value is -2.89. The van der Waals surface area contributed by atoms with Crippen LogP contribution in [0.25, 0.3) is 5.57 Å². The Labute approximate surface area is 178 Å². The van der Waals surface area contributed by atoms with Crippen LogP contribution in [0.4, 0.5) is 11.4 Å². The quantitative estimate of drug-likeness (QED) is 0.547. The van der Waals surface area contributed by atoms with E-state index in [1.807, 2.05) is 56.5 Å². The highest BCUT2D eigenvalue weighted by Crippen LogP contribution is 2.37. The number of thiophene rings is 1. The second-order valence-electron chi connectivity index (χ2n) is 7.05. The van der Waals surface area contributed by atoms with Gasteiger partial charge in [-0.05, 0) is 67.1 Å². The lowest BCUT2D eigenvalue weighted by molar-refractivity contribution is -0.120. The van der Waals surface area contributed by atoms with Gasteiger partial charge in [0, 0.05) is 15.6 Å². The van der Waals surface area contributed by atoms with E-state index in [0.717, 1.165) is 27.3 Å². The highest BCUT2D eigenvalue weighted by atomic mass is 35.5. The molecule has 0 atom stereocenters. The number of rotatable bonds is 4. The van der Waals surface area contributed by atoms with E-state index in [9.17, 15) is 9.59 Å². The summed E-state index contributed by atoms with van der Waals surface area (Å²) in [5.41, 5.74) is 4.86. The minimum Gasteiger partial charge on any atom is -0.350 e. The van der Waals surface area contributed by atoms with Crippen molar-refractivity contribution in [3.63, 3.8) is 0 Å². The molecule has 1 aliphatic rings. The van der Waals surface area contributed by atoms with E-state index in [1.54, 1.807) is 18.2 Å². The molecule has 0 unspecified atom stereocenters. The SMILES string of the molecule is Cc1ccc(C)c(NC2=C(c3cccs3)C(=O)N(c3ccc(C)c(Cl)c3)C2=O)c1. The van der Waals surface area contributed by atoms with Crippen LogP contribution in [-0.4, -0.2) is 11.8 Å². The summed E-state index contributed by atoms with van der Waals surface area (Å²) in [4.78, 5) is 28.6. The van der Waals surface area contributed by atoms with Crippen LogP contribution >= 0.6 is 22.9 Å². The average molecular weight is 423 g/mol. The van der Waals surface area contributed by atoms with E-state index in [-0.39, 0.29) is 17.5 Å². The van der Waals surface area contributed by atoms with Crippen molar-refractivity contribution >= 4 is 51.7 Å². The minimum absolute atomic E-state index is 0.280. The molecule has 29 heavy (non-hydrogen) atoms. The van der Waals surface area contributed by atoms with Gasteiger partial charge in [-0.3, -0.25) is 9.59 Å². The standard InChI is InChI=1S/C23H19ClN2O2S/c1-13-6-7-15(3)18(11-13)25-21-20(19-5-4-10-29-19)22(27)26(23(21)28)16-9-8-14(2)17(24)12-16/h4-12,25H,1-3H3. The number of nitrogens with one attached hydrogen (secondary N) is 1. The number of halogens is 1. The van der Waals surface area contributed by atoms with Crippen LogP contribution < -0.4 is 10.2 Å². The number of nitrogens with zero attached hydrogens (tertiary/aromatic N) is 1. The van der Waals surface area contributed by atoms with Crippen molar-refractivity contribution in [2.75, 3.05) is 10.2 Å². The minimum atomic E-state index is -0.390. The van der Waals surface area contributed by atoms with Crippen molar-refractivity contribution in [3.05, 3.63) is 86.2 Å². The summed E-state index contributed by atoms with van der Waals surface area (Å²) in [6.45, 7) is 5.83. The van der Waals surface area contributed by atoms with Gasteiger partial charge < -0.3 is 5.32 Å². The molecule has 0 saturated heterocycles. The molecule has 2 aromatic carbocycles. The Balaban J connectivity index is 1.82. The maximum Gasteiger partial charge on any atom is 0.282 e. The molecule has 0 bridgehead atoms. The van der Waals surface area contributed by atoms with Gasteiger partial charge in [-0.15, -0.1) is 11.3 Å². The van der Waals surface area contributed by atoms with Gasteiger partial charge in [0.05, 0.1) is 11.3 Å². The first-order chi connectivity index (χ1) is 13.9. The first kappa shape index (κ1) is 19.4.